The topological polar surface area (TPSA) is 60.0 Å². The molecule has 3 saturated heterocycles. The molecule has 1 aromatic rings. The van der Waals surface area contributed by atoms with Crippen LogP contribution in [0.4, 0.5) is 0 Å². The molecule has 3 unspecified atom stereocenters. The molecule has 1 aromatic carbocycles. The van der Waals surface area contributed by atoms with E-state index in [-0.39, 0.29) is 18.1 Å². The van der Waals surface area contributed by atoms with E-state index in [9.17, 15) is 4.79 Å². The molecule has 4 aliphatic heterocycles. The minimum Gasteiger partial charge on any atom is -0.454 e. The van der Waals surface area contributed by atoms with E-state index in [1.807, 2.05) is 6.07 Å². The molecule has 4 heterocycles. The molecule has 140 valence electrons. The van der Waals surface area contributed by atoms with Gasteiger partial charge in [-0.3, -0.25) is 9.69 Å². The second-order valence-electron chi connectivity index (χ2n) is 7.92. The van der Waals surface area contributed by atoms with Gasteiger partial charge in [0.1, 0.15) is 6.10 Å². The van der Waals surface area contributed by atoms with Crippen molar-refractivity contribution in [2.24, 2.45) is 0 Å². The van der Waals surface area contributed by atoms with Gasteiger partial charge in [-0.2, -0.15) is 0 Å². The molecule has 0 saturated carbocycles. The number of carbonyl (C=O) groups is 1. The highest BCUT2D eigenvalue weighted by atomic mass is 16.7. The van der Waals surface area contributed by atoms with Crippen LogP contribution in [0, 0.1) is 0 Å². The molecular weight excluding hydrogens is 332 g/mol. The Labute approximate surface area is 153 Å². The lowest BCUT2D eigenvalue weighted by Crippen LogP contribution is -2.51. The highest BCUT2D eigenvalue weighted by molar-refractivity contribution is 5.81. The second kappa shape index (κ2) is 6.74. The lowest BCUT2D eigenvalue weighted by Gasteiger charge is -2.39. The van der Waals surface area contributed by atoms with Crippen LogP contribution in [0.2, 0.25) is 0 Å². The number of carbonyl (C=O) groups excluding carboxylic acids is 1. The van der Waals surface area contributed by atoms with Crippen molar-refractivity contribution in [3.05, 3.63) is 23.8 Å². The van der Waals surface area contributed by atoms with Gasteiger partial charge in [-0.25, -0.2) is 0 Å². The third-order valence-corrected chi connectivity index (χ3v) is 6.25. The Bertz CT molecular complexity index is 674. The Morgan fingerprint density at radius 2 is 1.92 bits per heavy atom. The quantitative estimate of drug-likeness (QED) is 0.894. The van der Waals surface area contributed by atoms with Crippen molar-refractivity contribution in [1.82, 2.24) is 10.2 Å². The molecule has 3 fully saturated rings. The fourth-order valence-corrected chi connectivity index (χ4v) is 4.98. The van der Waals surface area contributed by atoms with Crippen LogP contribution in [0.5, 0.6) is 11.5 Å². The van der Waals surface area contributed by atoms with E-state index in [0.29, 0.717) is 18.9 Å². The lowest BCUT2D eigenvalue weighted by atomic mass is 9.96. The van der Waals surface area contributed by atoms with Crippen molar-refractivity contribution in [3.8, 4) is 11.5 Å². The van der Waals surface area contributed by atoms with Crippen LogP contribution < -0.4 is 14.8 Å². The van der Waals surface area contributed by atoms with Gasteiger partial charge in [0.05, 0.1) is 0 Å². The van der Waals surface area contributed by atoms with Gasteiger partial charge < -0.3 is 19.5 Å². The zero-order valence-electron chi connectivity index (χ0n) is 15.0. The molecule has 4 aliphatic rings. The maximum Gasteiger partial charge on any atom is 0.249 e. The standard InChI is InChI=1S/C20H26N2O4/c23-20(18-2-1-7-24-18)21-14-9-15-4-5-16(10-14)22(15)11-13-3-6-17-19(8-13)26-12-25-17/h3,6,8,14-16,18H,1-2,4-5,7,9-12H2,(H,21,23). The SMILES string of the molecule is O=C(NC1CC2CCC(C1)N2Cc1ccc2c(c1)OCO2)C1CCCO1. The third kappa shape index (κ3) is 3.05. The summed E-state index contributed by atoms with van der Waals surface area (Å²) in [5, 5.41) is 3.25. The number of nitrogens with one attached hydrogen (secondary N) is 1. The summed E-state index contributed by atoms with van der Waals surface area (Å²) in [5.74, 6) is 1.79. The zero-order valence-corrected chi connectivity index (χ0v) is 15.0. The first-order chi connectivity index (χ1) is 12.8. The molecule has 0 aromatic heterocycles. The van der Waals surface area contributed by atoms with Gasteiger partial charge in [0.25, 0.3) is 0 Å². The Kier molecular flexibility index (Phi) is 4.25. The van der Waals surface area contributed by atoms with Crippen molar-refractivity contribution in [2.75, 3.05) is 13.4 Å². The molecule has 6 heteroatoms. The van der Waals surface area contributed by atoms with Gasteiger partial charge in [-0.05, 0) is 56.2 Å². The fourth-order valence-electron chi connectivity index (χ4n) is 4.98. The average Bonchev–Trinajstić information content (AvgIpc) is 3.36. The monoisotopic (exact) mass is 358 g/mol. The summed E-state index contributed by atoms with van der Waals surface area (Å²) in [4.78, 5) is 15.0. The summed E-state index contributed by atoms with van der Waals surface area (Å²) in [5.41, 5.74) is 1.27. The molecular formula is C20H26N2O4. The Morgan fingerprint density at radius 1 is 1.12 bits per heavy atom. The summed E-state index contributed by atoms with van der Waals surface area (Å²) in [6.45, 7) is 1.98. The zero-order chi connectivity index (χ0) is 17.5. The molecule has 0 radical (unpaired) electrons. The van der Waals surface area contributed by atoms with Crippen molar-refractivity contribution >= 4 is 5.91 Å². The molecule has 0 spiro atoms. The lowest BCUT2D eigenvalue weighted by molar-refractivity contribution is -0.131. The number of hydrogen-bond acceptors (Lipinski definition) is 5. The van der Waals surface area contributed by atoms with E-state index in [2.05, 4.69) is 22.3 Å². The number of fused-ring (bicyclic) bond motifs is 3. The molecule has 26 heavy (non-hydrogen) atoms. The van der Waals surface area contributed by atoms with Gasteiger partial charge in [0, 0.05) is 31.3 Å². The van der Waals surface area contributed by atoms with Crippen LogP contribution in [0.1, 0.15) is 44.1 Å². The number of amides is 1. The van der Waals surface area contributed by atoms with E-state index in [1.54, 1.807) is 0 Å². The number of piperidine rings is 1. The minimum atomic E-state index is -0.223. The summed E-state index contributed by atoms with van der Waals surface area (Å²) >= 11 is 0. The van der Waals surface area contributed by atoms with Crippen LogP contribution in [0.15, 0.2) is 18.2 Å². The highest BCUT2D eigenvalue weighted by Crippen LogP contribution is 2.38. The molecule has 1 N–H and O–H groups in total. The van der Waals surface area contributed by atoms with Crippen LogP contribution in [0.25, 0.3) is 0 Å². The van der Waals surface area contributed by atoms with Crippen LogP contribution in [-0.4, -0.2) is 48.4 Å². The van der Waals surface area contributed by atoms with E-state index in [4.69, 9.17) is 14.2 Å². The Balaban J connectivity index is 1.21. The molecule has 2 bridgehead atoms. The Hall–Kier alpha value is -1.79. The predicted octanol–water partition coefficient (Wildman–Crippen LogP) is 2.21. The van der Waals surface area contributed by atoms with Gasteiger partial charge in [0.15, 0.2) is 11.5 Å². The smallest absolute Gasteiger partial charge is 0.249 e. The predicted molar refractivity (Wildman–Crippen MR) is 95.1 cm³/mol. The van der Waals surface area contributed by atoms with E-state index in [1.165, 1.54) is 18.4 Å². The first kappa shape index (κ1) is 16.4. The van der Waals surface area contributed by atoms with Crippen molar-refractivity contribution < 1.29 is 19.0 Å². The maximum atomic E-state index is 12.4. The second-order valence-corrected chi connectivity index (χ2v) is 7.92. The highest BCUT2D eigenvalue weighted by Gasteiger charge is 2.41. The largest absolute Gasteiger partial charge is 0.454 e. The fraction of sp³-hybridized carbons (Fsp3) is 0.650. The molecule has 0 aliphatic carbocycles. The molecule has 6 nitrogen and oxygen atoms in total. The van der Waals surface area contributed by atoms with Crippen molar-refractivity contribution in [2.45, 2.75) is 69.3 Å². The van der Waals surface area contributed by atoms with Crippen LogP contribution in [-0.2, 0) is 16.1 Å². The maximum absolute atomic E-state index is 12.4. The molecule has 5 rings (SSSR count). The van der Waals surface area contributed by atoms with Gasteiger partial charge in [-0.15, -0.1) is 0 Å². The minimum absolute atomic E-state index is 0.0936. The summed E-state index contributed by atoms with van der Waals surface area (Å²) < 4.78 is 16.4. The Morgan fingerprint density at radius 3 is 2.69 bits per heavy atom. The normalized spacial score (nSPS) is 32.8. The summed E-state index contributed by atoms with van der Waals surface area (Å²) in [6.07, 6.45) is 6.17. The van der Waals surface area contributed by atoms with Crippen LogP contribution in [0.3, 0.4) is 0 Å². The average molecular weight is 358 g/mol. The van der Waals surface area contributed by atoms with Crippen molar-refractivity contribution in [1.29, 1.82) is 0 Å². The van der Waals surface area contributed by atoms with E-state index >= 15 is 0 Å². The van der Waals surface area contributed by atoms with E-state index in [0.717, 1.165) is 50.3 Å². The van der Waals surface area contributed by atoms with Gasteiger partial charge in [-0.1, -0.05) is 6.07 Å². The number of ether oxygens (including phenoxy) is 3. The van der Waals surface area contributed by atoms with Crippen molar-refractivity contribution in [3.63, 3.8) is 0 Å². The summed E-state index contributed by atoms with van der Waals surface area (Å²) in [6, 6.07) is 7.64. The number of nitrogens with zero attached hydrogens (tertiary/aromatic N) is 1. The number of rotatable bonds is 4. The van der Waals surface area contributed by atoms with Gasteiger partial charge >= 0.3 is 0 Å². The number of hydrogen-bond donors (Lipinski definition) is 1. The van der Waals surface area contributed by atoms with Crippen LogP contribution >= 0.6 is 0 Å². The summed E-state index contributed by atoms with van der Waals surface area (Å²) in [7, 11) is 0. The molecule has 1 amide bonds. The van der Waals surface area contributed by atoms with Gasteiger partial charge in [0.2, 0.25) is 12.7 Å². The van der Waals surface area contributed by atoms with E-state index < -0.39 is 0 Å². The first-order valence-electron chi connectivity index (χ1n) is 9.82. The third-order valence-electron chi connectivity index (χ3n) is 6.25. The first-order valence-corrected chi connectivity index (χ1v) is 9.82. The molecule has 3 atom stereocenters. The number of benzene rings is 1.